The van der Waals surface area contributed by atoms with Gasteiger partial charge in [-0.05, 0) is 149 Å². The fourth-order valence-electron chi connectivity index (χ4n) is 10.7. The van der Waals surface area contributed by atoms with Gasteiger partial charge < -0.3 is 0 Å². The van der Waals surface area contributed by atoms with Crippen LogP contribution in [0.2, 0.25) is 0 Å². The van der Waals surface area contributed by atoms with Crippen LogP contribution in [0, 0.1) is 20.8 Å². The van der Waals surface area contributed by atoms with E-state index in [0.29, 0.717) is 10.5 Å². The molecule has 0 spiro atoms. The summed E-state index contributed by atoms with van der Waals surface area (Å²) in [7, 11) is 0. The lowest BCUT2D eigenvalue weighted by molar-refractivity contribution is 0.443. The average Bonchev–Trinajstić information content (AvgIpc) is 3.42. The third kappa shape index (κ3) is 13.5. The highest BCUT2D eigenvalue weighted by Gasteiger charge is 2.26. The van der Waals surface area contributed by atoms with Crippen LogP contribution >= 0.6 is 60.5 Å². The van der Waals surface area contributed by atoms with Gasteiger partial charge >= 0.3 is 0 Å². The van der Waals surface area contributed by atoms with E-state index in [1.54, 1.807) is 5.56 Å². The van der Waals surface area contributed by atoms with Gasteiger partial charge in [-0.2, -0.15) is 25.3 Å². The molecule has 0 bridgehead atoms. The van der Waals surface area contributed by atoms with E-state index in [0.717, 1.165) is 11.5 Å². The minimum absolute atomic E-state index is 0.0935. The zero-order valence-electron chi connectivity index (χ0n) is 43.0. The fraction of sp³-hybridized carbons (Fsp3) is 0.344. The van der Waals surface area contributed by atoms with E-state index in [1.165, 1.54) is 146 Å². The first-order valence-corrected chi connectivity index (χ1v) is 30.7. The maximum absolute atomic E-state index is 4.58. The number of thioether (sulfide) groups is 3. The van der Waals surface area contributed by atoms with Gasteiger partial charge in [0.25, 0.3) is 0 Å². The van der Waals surface area contributed by atoms with Crippen LogP contribution in [-0.4, -0.2) is 25.5 Å². The Labute approximate surface area is 446 Å². The van der Waals surface area contributed by atoms with Crippen molar-refractivity contribution < 1.29 is 0 Å². The molecule has 70 heavy (non-hydrogen) atoms. The molecule has 6 heteroatoms. The normalized spacial score (nSPS) is 14.2. The summed E-state index contributed by atoms with van der Waals surface area (Å²) >= 11 is 14.8. The molecular formula is C64H75BS5. The van der Waals surface area contributed by atoms with E-state index in [9.17, 15) is 0 Å². The van der Waals surface area contributed by atoms with E-state index in [1.807, 2.05) is 49.1 Å². The third-order valence-corrected chi connectivity index (χ3v) is 18.5. The molecule has 0 radical (unpaired) electrons. The Morgan fingerprint density at radius 3 is 1.43 bits per heavy atom. The number of thiol groups is 2. The van der Waals surface area contributed by atoms with Crippen molar-refractivity contribution in [3.63, 3.8) is 0 Å². The molecule has 2 aliphatic carbocycles. The van der Waals surface area contributed by atoms with Gasteiger partial charge in [-0.25, -0.2) is 0 Å². The SMILES string of the molecule is CC.CSC(SC)c1ccc(C)cc1.CSc1ccc2c(C)cc3c4ccccc4c(B(c4ccc(C(S)S)cc4)c4ccc(C5CCCCC5)cc4)cc3c2c1.Cc1ccc(C2CCCCC2)cc1. The summed E-state index contributed by atoms with van der Waals surface area (Å²) in [5, 5.41) is 7.97. The second kappa shape index (κ2) is 26.9. The Balaban J connectivity index is 0.000000217. The standard InChI is InChI=1S/C39H37BS3.C13H18.C10H14S2.C2H6/c1-25-22-35-33-10-6-7-11-34(33)38(24-37(35)36-23-31(43-2)20-21-32(25)36)40(30-18-14-28(15-19-30)39(41)42)29-16-12-27(13-17-29)26-8-4-3-5-9-26;1-11-7-9-13(10-8-11)12-5-3-2-4-6-12;1-8-4-6-9(7-5-8)10(11-2)12-3;1-2/h6-7,10-24,26,39,41-42H,3-5,8-9H2,1-2H3;7-10,12H,2-6H2,1H3;4-7,10H,1-3H3;1-2H3. The number of fused-ring (bicyclic) bond motifs is 5. The number of hydrogen-bond donors (Lipinski definition) is 2. The molecule has 8 aromatic carbocycles. The molecule has 0 unspecified atom stereocenters. The molecule has 0 saturated heterocycles. The Morgan fingerprint density at radius 2 is 0.914 bits per heavy atom. The van der Waals surface area contributed by atoms with Gasteiger partial charge in [0.15, 0.2) is 0 Å². The third-order valence-electron chi connectivity index (χ3n) is 14.6. The molecule has 0 N–H and O–H groups in total. The molecule has 0 aromatic heterocycles. The number of aryl methyl sites for hydroxylation is 3. The summed E-state index contributed by atoms with van der Waals surface area (Å²) in [4.78, 5) is 1.30. The monoisotopic (exact) mass is 1010 g/mol. The molecule has 364 valence electrons. The Kier molecular flexibility index (Phi) is 20.8. The van der Waals surface area contributed by atoms with Gasteiger partial charge in [-0.1, -0.05) is 219 Å². The number of hydrogen-bond acceptors (Lipinski definition) is 5. The van der Waals surface area contributed by atoms with E-state index < -0.39 is 0 Å². The Bertz CT molecular complexity index is 2860. The lowest BCUT2D eigenvalue weighted by atomic mass is 9.36. The lowest BCUT2D eigenvalue weighted by Gasteiger charge is -2.24. The molecule has 2 saturated carbocycles. The van der Waals surface area contributed by atoms with Crippen molar-refractivity contribution in [2.45, 2.75) is 125 Å². The van der Waals surface area contributed by atoms with Crippen LogP contribution in [0.1, 0.15) is 138 Å². The zero-order chi connectivity index (χ0) is 49.6. The summed E-state index contributed by atoms with van der Waals surface area (Å²) in [6, 6.07) is 57.3. The average molecular weight is 1020 g/mol. The van der Waals surface area contributed by atoms with E-state index >= 15 is 0 Å². The predicted octanol–water partition coefficient (Wildman–Crippen LogP) is 18.4. The smallest absolute Gasteiger partial charge is 0.160 e. The van der Waals surface area contributed by atoms with Gasteiger partial charge in [-0.3, -0.25) is 0 Å². The van der Waals surface area contributed by atoms with Crippen LogP contribution in [0.15, 0.2) is 157 Å². The molecule has 0 amide bonds. The molecular weight excluding hydrogens is 940 g/mol. The molecule has 8 aromatic rings. The van der Waals surface area contributed by atoms with E-state index in [-0.39, 0.29) is 11.3 Å². The minimum Gasteiger partial charge on any atom is -0.160 e. The van der Waals surface area contributed by atoms with Crippen molar-refractivity contribution >= 4 is 116 Å². The van der Waals surface area contributed by atoms with Crippen molar-refractivity contribution in [2.24, 2.45) is 0 Å². The summed E-state index contributed by atoms with van der Waals surface area (Å²) in [6.45, 7) is 10.6. The van der Waals surface area contributed by atoms with Crippen molar-refractivity contribution in [3.8, 4) is 0 Å². The summed E-state index contributed by atoms with van der Waals surface area (Å²) < 4.78 is 0.495. The Hall–Kier alpha value is -3.65. The van der Waals surface area contributed by atoms with Crippen LogP contribution in [-0.2, 0) is 0 Å². The van der Waals surface area contributed by atoms with Crippen molar-refractivity contribution in [3.05, 3.63) is 191 Å². The van der Waals surface area contributed by atoms with Gasteiger partial charge in [-0.15, -0.1) is 35.3 Å². The summed E-state index contributed by atoms with van der Waals surface area (Å²) in [6.07, 6.45) is 20.3. The van der Waals surface area contributed by atoms with Gasteiger partial charge in [0.05, 0.1) is 9.16 Å². The quantitative estimate of drug-likeness (QED) is 0.0461. The first kappa shape index (κ1) is 54.1. The van der Waals surface area contributed by atoms with Crippen molar-refractivity contribution in [1.82, 2.24) is 0 Å². The Morgan fingerprint density at radius 1 is 0.457 bits per heavy atom. The molecule has 0 aliphatic heterocycles. The molecule has 0 nitrogen and oxygen atoms in total. The molecule has 0 heterocycles. The maximum atomic E-state index is 4.58. The van der Waals surface area contributed by atoms with Crippen molar-refractivity contribution in [1.29, 1.82) is 0 Å². The van der Waals surface area contributed by atoms with Gasteiger partial charge in [0.1, 0.15) is 0 Å². The topological polar surface area (TPSA) is 0 Å². The van der Waals surface area contributed by atoms with Crippen LogP contribution in [0.4, 0.5) is 0 Å². The molecule has 2 aliphatic rings. The van der Waals surface area contributed by atoms with Crippen molar-refractivity contribution in [2.75, 3.05) is 18.8 Å². The van der Waals surface area contributed by atoms with Crippen LogP contribution < -0.4 is 16.4 Å². The first-order chi connectivity index (χ1) is 34.1. The highest BCUT2D eigenvalue weighted by Crippen LogP contribution is 2.38. The maximum Gasteiger partial charge on any atom is 0.242 e. The minimum atomic E-state index is -0.0935. The summed E-state index contributed by atoms with van der Waals surface area (Å²) in [5.74, 6) is 1.55. The summed E-state index contributed by atoms with van der Waals surface area (Å²) in [5.41, 5.74) is 13.6. The van der Waals surface area contributed by atoms with Crippen LogP contribution in [0.5, 0.6) is 0 Å². The van der Waals surface area contributed by atoms with Crippen LogP contribution in [0.3, 0.4) is 0 Å². The lowest BCUT2D eigenvalue weighted by Crippen LogP contribution is -2.52. The molecule has 2 fully saturated rings. The van der Waals surface area contributed by atoms with Gasteiger partial charge in [0, 0.05) is 4.90 Å². The largest absolute Gasteiger partial charge is 0.242 e. The highest BCUT2D eigenvalue weighted by molar-refractivity contribution is 8.15. The first-order valence-electron chi connectivity index (χ1n) is 25.8. The zero-order valence-corrected chi connectivity index (χ0v) is 47.2. The second-order valence-corrected chi connectivity index (χ2v) is 23.6. The van der Waals surface area contributed by atoms with E-state index in [4.69, 9.17) is 0 Å². The van der Waals surface area contributed by atoms with Crippen LogP contribution in [0.25, 0.3) is 32.3 Å². The van der Waals surface area contributed by atoms with E-state index in [2.05, 4.69) is 216 Å². The number of rotatable bonds is 10. The number of benzene rings is 8. The highest BCUT2D eigenvalue weighted by atomic mass is 32.2. The predicted molar refractivity (Wildman–Crippen MR) is 329 cm³/mol. The fourth-order valence-corrected chi connectivity index (χ4v) is 13.1. The van der Waals surface area contributed by atoms with Gasteiger partial charge in [0.2, 0.25) is 6.71 Å². The second-order valence-electron chi connectivity index (χ2n) is 19.1. The molecule has 10 rings (SSSR count). The molecule has 0 atom stereocenters.